The van der Waals surface area contributed by atoms with Gasteiger partial charge in [0.1, 0.15) is 0 Å². The summed E-state index contributed by atoms with van der Waals surface area (Å²) in [5, 5.41) is 1.36. The summed E-state index contributed by atoms with van der Waals surface area (Å²) < 4.78 is 81.9. The van der Waals surface area contributed by atoms with E-state index in [1.807, 2.05) is 24.3 Å². The van der Waals surface area contributed by atoms with Crippen molar-refractivity contribution < 1.29 is 38.2 Å². The van der Waals surface area contributed by atoms with E-state index in [0.29, 0.717) is 33.2 Å². The Morgan fingerprint density at radius 1 is 0.921 bits per heavy atom. The van der Waals surface area contributed by atoms with Gasteiger partial charge in [-0.25, -0.2) is 4.98 Å². The first-order chi connectivity index (χ1) is 21.9. The zero-order valence-electron chi connectivity index (χ0n) is 30.6. The third-order valence-corrected chi connectivity index (χ3v) is 5.84. The van der Waals surface area contributed by atoms with E-state index in [1.165, 1.54) is 31.5 Å². The van der Waals surface area contributed by atoms with Gasteiger partial charge >= 0.3 is 0 Å². The summed E-state index contributed by atoms with van der Waals surface area (Å²) in [5.74, 6) is -1.82. The number of rotatable bonds is 3. The summed E-state index contributed by atoms with van der Waals surface area (Å²) in [6.07, 6.45) is 2.88. The molecule has 0 bridgehead atoms. The predicted molar refractivity (Wildman–Crippen MR) is 150 cm³/mol. The van der Waals surface area contributed by atoms with Gasteiger partial charge in [0.05, 0.1) is 5.58 Å². The molecule has 0 amide bonds. The van der Waals surface area contributed by atoms with Crippen molar-refractivity contribution in [1.29, 1.82) is 0 Å². The van der Waals surface area contributed by atoms with Crippen LogP contribution in [0.2, 0.25) is 0 Å². The minimum Gasteiger partial charge on any atom is -0.486 e. The zero-order valence-corrected chi connectivity index (χ0v) is 23.0. The summed E-state index contributed by atoms with van der Waals surface area (Å²) in [7, 11) is 0. The number of hydrogen-bond acceptors (Lipinski definition) is 4. The van der Waals surface area contributed by atoms with Crippen molar-refractivity contribution >= 4 is 22.1 Å². The Hall–Kier alpha value is -3.66. The molecule has 6 aromatic rings. The van der Waals surface area contributed by atoms with Crippen LogP contribution in [0, 0.1) is 32.8 Å². The van der Waals surface area contributed by atoms with Gasteiger partial charge < -0.3 is 14.4 Å². The van der Waals surface area contributed by atoms with Crippen LogP contribution in [-0.4, -0.2) is 15.0 Å². The topological polar surface area (TPSA) is 51.8 Å². The van der Waals surface area contributed by atoms with Crippen molar-refractivity contribution in [3.05, 3.63) is 114 Å². The summed E-state index contributed by atoms with van der Waals surface area (Å²) in [6, 6.07) is 25.0. The standard InChI is InChI=1S/C20H17N2O.C13H12N.Ir/c1-12(2)14-9-10-21-18(11-14)17-6-4-5-15-16-8-7-13(3)22-20(16)23-19(15)17;1-10-8-13(14-9-11(10)2)12-6-4-3-5-7-12;/h4-5,7-12H,1-3H3;3-6,8-9H,1-2H3;/q2*-1;/i1D3,3D3,12D;2D3;. The van der Waals surface area contributed by atoms with Crippen LogP contribution in [0.15, 0.2) is 83.5 Å². The van der Waals surface area contributed by atoms with Crippen molar-refractivity contribution in [3.8, 4) is 22.5 Å². The van der Waals surface area contributed by atoms with Crippen LogP contribution in [0.3, 0.4) is 0 Å². The van der Waals surface area contributed by atoms with Crippen LogP contribution in [0.1, 0.15) is 55.8 Å². The molecule has 0 saturated carbocycles. The first-order valence-electron chi connectivity index (χ1n) is 16.5. The van der Waals surface area contributed by atoms with E-state index in [2.05, 4.69) is 27.1 Å². The van der Waals surface area contributed by atoms with Gasteiger partial charge in [0, 0.05) is 57.3 Å². The largest absolute Gasteiger partial charge is 0.486 e. The Balaban J connectivity index is 0.000000246. The summed E-state index contributed by atoms with van der Waals surface area (Å²) >= 11 is 0. The summed E-state index contributed by atoms with van der Waals surface area (Å²) in [4.78, 5) is 12.6. The van der Waals surface area contributed by atoms with E-state index in [1.54, 1.807) is 37.3 Å². The number of benzene rings is 2. The fourth-order valence-corrected chi connectivity index (χ4v) is 3.87. The molecule has 2 aromatic carbocycles. The van der Waals surface area contributed by atoms with Gasteiger partial charge in [0.15, 0.2) is 0 Å². The van der Waals surface area contributed by atoms with Crippen molar-refractivity contribution in [3.63, 3.8) is 0 Å². The maximum absolute atomic E-state index is 8.32. The molecular weight excluding hydrogens is 647 g/mol. The second kappa shape index (κ2) is 11.8. The molecule has 0 aliphatic heterocycles. The fraction of sp³-hybridized carbons (Fsp3) is 0.182. The average molecular weight is 686 g/mol. The number of aryl methyl sites for hydroxylation is 3. The van der Waals surface area contributed by atoms with E-state index >= 15 is 0 Å². The molecule has 4 aromatic heterocycles. The Kier molecular flexibility index (Phi) is 5.29. The third-order valence-electron chi connectivity index (χ3n) is 5.84. The predicted octanol–water partition coefficient (Wildman–Crippen LogP) is 8.44. The number of aromatic nitrogens is 3. The van der Waals surface area contributed by atoms with Gasteiger partial charge in [-0.2, -0.15) is 0 Å². The third kappa shape index (κ3) is 5.75. The molecule has 193 valence electrons. The molecule has 0 aliphatic rings. The van der Waals surface area contributed by atoms with E-state index in [9.17, 15) is 0 Å². The minimum absolute atomic E-state index is 0. The molecule has 38 heavy (non-hydrogen) atoms. The monoisotopic (exact) mass is 686 g/mol. The Morgan fingerprint density at radius 2 is 1.84 bits per heavy atom. The maximum Gasteiger partial charge on any atom is 0.216 e. The maximum atomic E-state index is 8.32. The molecule has 0 fully saturated rings. The van der Waals surface area contributed by atoms with Gasteiger partial charge in [-0.05, 0) is 61.7 Å². The molecule has 0 N–H and O–H groups in total. The molecule has 6 rings (SSSR count). The Morgan fingerprint density at radius 3 is 2.61 bits per heavy atom. The molecular formula is C33H29IrN3O-2. The second-order valence-electron chi connectivity index (χ2n) is 8.46. The van der Waals surface area contributed by atoms with Crippen LogP contribution in [0.25, 0.3) is 44.6 Å². The van der Waals surface area contributed by atoms with E-state index < -0.39 is 26.4 Å². The minimum atomic E-state index is -2.52. The Bertz CT molecular complexity index is 2050. The van der Waals surface area contributed by atoms with Crippen molar-refractivity contribution in [2.24, 2.45) is 0 Å². The SMILES string of the molecule is [2H]C([2H])([2H])c1ccc2c(n1)oc1c(-c3cc(C([2H])(C)C([2H])([2H])[2H])ccn3)[c-]ccc12.[2H]C([2H])([2H])c1cnc(-c2[c-]cccc2)cc1C.[Ir]. The molecule has 1 unspecified atom stereocenters. The van der Waals surface area contributed by atoms with Crippen molar-refractivity contribution in [2.75, 3.05) is 0 Å². The summed E-state index contributed by atoms with van der Waals surface area (Å²) in [5.41, 5.74) is 4.34. The Labute approximate surface area is 251 Å². The fourth-order valence-electron chi connectivity index (χ4n) is 3.87. The van der Waals surface area contributed by atoms with Gasteiger partial charge in [-0.1, -0.05) is 48.0 Å². The van der Waals surface area contributed by atoms with Crippen LogP contribution in [-0.2, 0) is 20.1 Å². The van der Waals surface area contributed by atoms with E-state index in [4.69, 9.17) is 18.1 Å². The number of hydrogen-bond donors (Lipinski definition) is 0. The number of fused-ring (bicyclic) bond motifs is 3. The van der Waals surface area contributed by atoms with Crippen molar-refractivity contribution in [2.45, 2.75) is 40.3 Å². The van der Waals surface area contributed by atoms with Gasteiger partial charge in [-0.15, -0.1) is 54.1 Å². The number of furan rings is 1. The molecule has 1 radical (unpaired) electrons. The van der Waals surface area contributed by atoms with Gasteiger partial charge in [0.25, 0.3) is 0 Å². The molecule has 0 spiro atoms. The number of pyridine rings is 3. The molecule has 1 atom stereocenters. The first-order valence-corrected chi connectivity index (χ1v) is 11.5. The van der Waals surface area contributed by atoms with Crippen molar-refractivity contribution in [1.82, 2.24) is 15.0 Å². The van der Waals surface area contributed by atoms with Crippen LogP contribution >= 0.6 is 0 Å². The van der Waals surface area contributed by atoms with Gasteiger partial charge in [0.2, 0.25) is 5.71 Å². The number of nitrogens with zero attached hydrogens (tertiary/aromatic N) is 3. The van der Waals surface area contributed by atoms with E-state index in [0.717, 1.165) is 16.8 Å². The quantitative estimate of drug-likeness (QED) is 0.176. The van der Waals surface area contributed by atoms with Gasteiger partial charge in [-0.3, -0.25) is 0 Å². The zero-order chi connectivity index (χ0) is 34.4. The summed E-state index contributed by atoms with van der Waals surface area (Å²) in [6.45, 7) is -3.85. The second-order valence-corrected chi connectivity index (χ2v) is 8.46. The van der Waals surface area contributed by atoms with E-state index in [-0.39, 0.29) is 37.1 Å². The molecule has 5 heteroatoms. The van der Waals surface area contributed by atoms with Crippen LogP contribution in [0.4, 0.5) is 0 Å². The average Bonchev–Trinajstić information content (AvgIpc) is 3.38. The first kappa shape index (κ1) is 17.0. The molecule has 0 saturated heterocycles. The van der Waals surface area contributed by atoms with Crippen LogP contribution < -0.4 is 0 Å². The smallest absolute Gasteiger partial charge is 0.216 e. The molecule has 4 heterocycles. The van der Waals surface area contributed by atoms with Crippen LogP contribution in [0.5, 0.6) is 0 Å². The molecule has 0 aliphatic carbocycles. The molecule has 4 nitrogen and oxygen atoms in total. The normalized spacial score (nSPS) is 17.2.